The Morgan fingerprint density at radius 3 is 2.72 bits per heavy atom. The number of nitrogens with zero attached hydrogens (tertiary/aromatic N) is 3. The molecular weight excluding hydrogens is 542 g/mol. The summed E-state index contributed by atoms with van der Waals surface area (Å²) in [6.07, 6.45) is 5.38. The first-order valence-electron chi connectivity index (χ1n) is 14.9. The lowest BCUT2D eigenvalue weighted by Gasteiger charge is -2.12. The number of para-hydroxylation sites is 1. The molecule has 43 heavy (non-hydrogen) atoms. The average molecular weight is 580 g/mol. The standard InChI is InChI=1S/C35H37N3O5/c1-3-42-35(40)34-28(16-10-22-43-31-17-8-12-25-11-4-5-13-26(25)31)27-14-9-15-29-32-24(2)38(19-20-39)36-30(32)23-41-21-7-6-18-37(34)33(27)29/h4-9,11-15,17,39H,3,10,16,18-23H2,1-2H3/b7-6-. The van der Waals surface area contributed by atoms with Gasteiger partial charge in [0.2, 0.25) is 0 Å². The van der Waals surface area contributed by atoms with Crippen LogP contribution in [0, 0.1) is 6.92 Å². The van der Waals surface area contributed by atoms with Crippen LogP contribution in [-0.2, 0) is 35.6 Å². The van der Waals surface area contributed by atoms with Gasteiger partial charge < -0.3 is 23.9 Å². The van der Waals surface area contributed by atoms with E-state index in [0.29, 0.717) is 45.0 Å². The van der Waals surface area contributed by atoms with Crippen molar-refractivity contribution in [2.45, 2.75) is 46.4 Å². The molecule has 0 spiro atoms. The Hall–Kier alpha value is -4.40. The van der Waals surface area contributed by atoms with Gasteiger partial charge in [-0.2, -0.15) is 5.10 Å². The molecule has 0 aliphatic carbocycles. The van der Waals surface area contributed by atoms with Crippen molar-refractivity contribution in [2.24, 2.45) is 0 Å². The molecule has 8 heteroatoms. The van der Waals surface area contributed by atoms with Crippen molar-refractivity contribution < 1.29 is 24.1 Å². The van der Waals surface area contributed by atoms with Crippen LogP contribution in [0.5, 0.6) is 5.75 Å². The Kier molecular flexibility index (Phi) is 8.58. The summed E-state index contributed by atoms with van der Waals surface area (Å²) in [5, 5.41) is 17.7. The SMILES string of the molecule is CCOC(=O)c1c(CCCOc2cccc3ccccc23)c2cccc3c2n1C/C=C\COCc1nn(CCO)c(C)c1-3. The molecule has 6 rings (SSSR count). The van der Waals surface area contributed by atoms with E-state index in [-0.39, 0.29) is 19.2 Å². The number of hydrogen-bond donors (Lipinski definition) is 1. The van der Waals surface area contributed by atoms with E-state index >= 15 is 0 Å². The summed E-state index contributed by atoms with van der Waals surface area (Å²) in [4.78, 5) is 13.6. The summed E-state index contributed by atoms with van der Waals surface area (Å²) in [5.74, 6) is 0.528. The molecule has 3 aromatic carbocycles. The summed E-state index contributed by atoms with van der Waals surface area (Å²) < 4.78 is 21.7. The van der Waals surface area contributed by atoms with Gasteiger partial charge in [0.1, 0.15) is 11.4 Å². The second-order valence-electron chi connectivity index (χ2n) is 10.6. The van der Waals surface area contributed by atoms with E-state index in [2.05, 4.69) is 34.9 Å². The number of aliphatic hydroxyl groups is 1. The molecule has 0 unspecified atom stereocenters. The van der Waals surface area contributed by atoms with Crippen LogP contribution in [0.25, 0.3) is 32.8 Å². The Balaban J connectivity index is 1.43. The van der Waals surface area contributed by atoms with Crippen LogP contribution in [0.2, 0.25) is 0 Å². The lowest BCUT2D eigenvalue weighted by atomic mass is 9.98. The van der Waals surface area contributed by atoms with E-state index < -0.39 is 0 Å². The highest BCUT2D eigenvalue weighted by atomic mass is 16.5. The van der Waals surface area contributed by atoms with Crippen LogP contribution >= 0.6 is 0 Å². The van der Waals surface area contributed by atoms with Crippen molar-refractivity contribution >= 4 is 27.6 Å². The fourth-order valence-electron chi connectivity index (χ4n) is 6.15. The quantitative estimate of drug-likeness (QED) is 0.127. The third-order valence-corrected chi connectivity index (χ3v) is 8.00. The second kappa shape index (κ2) is 12.9. The second-order valence-corrected chi connectivity index (χ2v) is 10.6. The molecule has 0 fully saturated rings. The maximum absolute atomic E-state index is 13.6. The highest BCUT2D eigenvalue weighted by Gasteiger charge is 2.27. The minimum absolute atomic E-state index is 0.0103. The fraction of sp³-hybridized carbons (Fsp3) is 0.314. The molecule has 0 atom stereocenters. The zero-order chi connectivity index (χ0) is 29.8. The van der Waals surface area contributed by atoms with E-state index in [0.717, 1.165) is 61.9 Å². The van der Waals surface area contributed by atoms with Crippen LogP contribution in [0.4, 0.5) is 0 Å². The number of benzene rings is 3. The van der Waals surface area contributed by atoms with E-state index in [9.17, 15) is 9.90 Å². The number of hydrogen-bond acceptors (Lipinski definition) is 6. The molecule has 0 saturated heterocycles. The minimum atomic E-state index is -0.331. The predicted octanol–water partition coefficient (Wildman–Crippen LogP) is 6.23. The summed E-state index contributed by atoms with van der Waals surface area (Å²) in [7, 11) is 0. The monoisotopic (exact) mass is 579 g/mol. The van der Waals surface area contributed by atoms with Gasteiger partial charge in [-0.15, -0.1) is 0 Å². The Bertz CT molecular complexity index is 1790. The van der Waals surface area contributed by atoms with Gasteiger partial charge in [-0.1, -0.05) is 66.7 Å². The number of allylic oxidation sites excluding steroid dienone is 1. The molecule has 0 radical (unpaired) electrons. The number of aliphatic hydroxyl groups excluding tert-OH is 1. The molecule has 3 heterocycles. The van der Waals surface area contributed by atoms with Crippen molar-refractivity contribution in [2.75, 3.05) is 26.4 Å². The zero-order valence-electron chi connectivity index (χ0n) is 24.7. The minimum Gasteiger partial charge on any atom is -0.493 e. The number of esters is 1. The fourth-order valence-corrected chi connectivity index (χ4v) is 6.15. The number of aromatic nitrogens is 3. The van der Waals surface area contributed by atoms with Crippen molar-refractivity contribution in [1.82, 2.24) is 14.3 Å². The van der Waals surface area contributed by atoms with Gasteiger partial charge in [-0.3, -0.25) is 4.68 Å². The first-order valence-corrected chi connectivity index (χ1v) is 14.9. The highest BCUT2D eigenvalue weighted by molar-refractivity contribution is 6.05. The van der Waals surface area contributed by atoms with E-state index in [4.69, 9.17) is 19.3 Å². The molecule has 222 valence electrons. The molecule has 5 aromatic rings. The summed E-state index contributed by atoms with van der Waals surface area (Å²) in [6, 6.07) is 20.5. The van der Waals surface area contributed by atoms with E-state index in [1.165, 1.54) is 0 Å². The zero-order valence-corrected chi connectivity index (χ0v) is 24.7. The molecule has 2 aromatic heterocycles. The third kappa shape index (κ3) is 5.56. The number of aryl methyl sites for hydroxylation is 1. The number of carbonyl (C=O) groups excluding carboxylic acids is 1. The van der Waals surface area contributed by atoms with Crippen LogP contribution in [0.15, 0.2) is 72.8 Å². The first-order chi connectivity index (χ1) is 21.1. The molecule has 1 aliphatic heterocycles. The van der Waals surface area contributed by atoms with Gasteiger partial charge in [-0.25, -0.2) is 4.79 Å². The van der Waals surface area contributed by atoms with Crippen molar-refractivity contribution in [1.29, 1.82) is 0 Å². The van der Waals surface area contributed by atoms with Gasteiger partial charge in [-0.05, 0) is 43.7 Å². The number of ether oxygens (including phenoxy) is 3. The van der Waals surface area contributed by atoms with Gasteiger partial charge >= 0.3 is 5.97 Å². The summed E-state index contributed by atoms with van der Waals surface area (Å²) in [5.41, 5.74) is 6.21. The van der Waals surface area contributed by atoms with Crippen molar-refractivity contribution in [3.8, 4) is 16.9 Å². The van der Waals surface area contributed by atoms with Gasteiger partial charge in [0.25, 0.3) is 0 Å². The topological polar surface area (TPSA) is 87.7 Å². The van der Waals surface area contributed by atoms with E-state index in [1.54, 1.807) is 0 Å². The van der Waals surface area contributed by atoms with Gasteiger partial charge in [0.15, 0.2) is 0 Å². The van der Waals surface area contributed by atoms with Crippen molar-refractivity contribution in [3.63, 3.8) is 0 Å². The van der Waals surface area contributed by atoms with Crippen molar-refractivity contribution in [3.05, 3.63) is 95.5 Å². The van der Waals surface area contributed by atoms with Crippen LogP contribution in [0.1, 0.15) is 40.8 Å². The molecule has 0 bridgehead atoms. The highest BCUT2D eigenvalue weighted by Crippen LogP contribution is 2.39. The van der Waals surface area contributed by atoms with Gasteiger partial charge in [0, 0.05) is 34.1 Å². The molecule has 0 saturated carbocycles. The smallest absolute Gasteiger partial charge is 0.355 e. The average Bonchev–Trinajstić information content (AvgIpc) is 3.49. The maximum atomic E-state index is 13.6. The lowest BCUT2D eigenvalue weighted by molar-refractivity contribution is 0.0513. The molecule has 1 aliphatic rings. The maximum Gasteiger partial charge on any atom is 0.355 e. The Labute approximate surface area is 251 Å². The first kappa shape index (κ1) is 28.7. The third-order valence-electron chi connectivity index (χ3n) is 8.00. The predicted molar refractivity (Wildman–Crippen MR) is 167 cm³/mol. The molecule has 8 nitrogen and oxygen atoms in total. The summed E-state index contributed by atoms with van der Waals surface area (Å²) in [6.45, 7) is 6.31. The Morgan fingerprint density at radius 2 is 1.86 bits per heavy atom. The lowest BCUT2D eigenvalue weighted by Crippen LogP contribution is -2.14. The number of rotatable bonds is 9. The van der Waals surface area contributed by atoms with Gasteiger partial charge in [0.05, 0.1) is 50.8 Å². The molecule has 1 N–H and O–H groups in total. The molecule has 0 amide bonds. The summed E-state index contributed by atoms with van der Waals surface area (Å²) >= 11 is 0. The van der Waals surface area contributed by atoms with Crippen LogP contribution in [-0.4, -0.2) is 51.9 Å². The Morgan fingerprint density at radius 1 is 1.05 bits per heavy atom. The van der Waals surface area contributed by atoms with Crippen LogP contribution < -0.4 is 4.74 Å². The number of carbonyl (C=O) groups is 1. The van der Waals surface area contributed by atoms with E-state index in [1.807, 2.05) is 61.0 Å². The normalized spacial score (nSPS) is 13.9. The largest absolute Gasteiger partial charge is 0.493 e. The van der Waals surface area contributed by atoms with Crippen LogP contribution in [0.3, 0.4) is 0 Å². The molecular formula is C35H37N3O5. The number of fused-ring (bicyclic) bond motifs is 3.